The number of halogens is 1. The lowest BCUT2D eigenvalue weighted by Crippen LogP contribution is -2.22. The van der Waals surface area contributed by atoms with Crippen LogP contribution in [-0.2, 0) is 4.79 Å². The van der Waals surface area contributed by atoms with Crippen molar-refractivity contribution in [1.29, 1.82) is 0 Å². The summed E-state index contributed by atoms with van der Waals surface area (Å²) in [4.78, 5) is 12.2. The van der Waals surface area contributed by atoms with Gasteiger partial charge < -0.3 is 5.32 Å². The van der Waals surface area contributed by atoms with Crippen LogP contribution in [0.25, 0.3) is 0 Å². The number of hydrogen-bond donors (Lipinski definition) is 1. The van der Waals surface area contributed by atoms with Crippen LogP contribution in [0.1, 0.15) is 12.5 Å². The number of hydrogen-bond acceptors (Lipinski definition) is 6. The van der Waals surface area contributed by atoms with Gasteiger partial charge >= 0.3 is 0 Å². The summed E-state index contributed by atoms with van der Waals surface area (Å²) in [7, 11) is 0. The van der Waals surface area contributed by atoms with Crippen LogP contribution < -0.4 is 5.32 Å². The van der Waals surface area contributed by atoms with Gasteiger partial charge in [0.15, 0.2) is 8.68 Å². The molecule has 1 unspecified atom stereocenters. The number of benzene rings is 1. The molecule has 0 bridgehead atoms. The maximum atomic E-state index is 12.2. The standard InChI is InChI=1S/C13H14ClN3OS3/c1-7-9(14)5-4-6-10(7)15-11(18)8(2)20-13-17-16-12(19-3)21-13/h4-6,8H,1-3H3,(H,15,18). The minimum Gasteiger partial charge on any atom is -0.325 e. The zero-order valence-electron chi connectivity index (χ0n) is 11.7. The second-order valence-electron chi connectivity index (χ2n) is 4.20. The highest BCUT2D eigenvalue weighted by molar-refractivity contribution is 8.03. The number of amides is 1. The van der Waals surface area contributed by atoms with Crippen LogP contribution in [0, 0.1) is 6.92 Å². The van der Waals surface area contributed by atoms with E-state index in [9.17, 15) is 4.79 Å². The van der Waals surface area contributed by atoms with Crippen molar-refractivity contribution in [3.63, 3.8) is 0 Å². The largest absolute Gasteiger partial charge is 0.325 e. The van der Waals surface area contributed by atoms with Gasteiger partial charge in [0.25, 0.3) is 0 Å². The van der Waals surface area contributed by atoms with Gasteiger partial charge in [-0.25, -0.2) is 0 Å². The molecule has 1 N–H and O–H groups in total. The maximum Gasteiger partial charge on any atom is 0.237 e. The van der Waals surface area contributed by atoms with E-state index in [0.717, 1.165) is 19.9 Å². The third kappa shape index (κ3) is 4.35. The Hall–Kier alpha value is -0.760. The molecule has 1 aromatic heterocycles. The normalized spacial score (nSPS) is 12.2. The molecule has 0 aliphatic rings. The van der Waals surface area contributed by atoms with Crippen LogP contribution >= 0.6 is 46.5 Å². The predicted octanol–water partition coefficient (Wildman–Crippen LogP) is 4.34. The lowest BCUT2D eigenvalue weighted by Gasteiger charge is -2.12. The first-order chi connectivity index (χ1) is 10.0. The lowest BCUT2D eigenvalue weighted by molar-refractivity contribution is -0.115. The van der Waals surface area contributed by atoms with E-state index in [1.54, 1.807) is 17.8 Å². The maximum absolute atomic E-state index is 12.2. The van der Waals surface area contributed by atoms with E-state index in [-0.39, 0.29) is 11.2 Å². The van der Waals surface area contributed by atoms with Crippen molar-refractivity contribution < 1.29 is 4.79 Å². The topological polar surface area (TPSA) is 54.9 Å². The third-order valence-corrected chi connectivity index (χ3v) is 6.23. The Morgan fingerprint density at radius 1 is 1.38 bits per heavy atom. The van der Waals surface area contributed by atoms with Gasteiger partial charge in [-0.3, -0.25) is 4.79 Å². The minimum atomic E-state index is -0.258. The number of thioether (sulfide) groups is 2. The van der Waals surface area contributed by atoms with Crippen molar-refractivity contribution in [3.8, 4) is 0 Å². The molecule has 1 aromatic carbocycles. The lowest BCUT2D eigenvalue weighted by atomic mass is 10.2. The molecule has 1 amide bonds. The van der Waals surface area contributed by atoms with E-state index >= 15 is 0 Å². The van der Waals surface area contributed by atoms with E-state index in [1.807, 2.05) is 32.2 Å². The van der Waals surface area contributed by atoms with Gasteiger partial charge in [0.1, 0.15) is 0 Å². The zero-order chi connectivity index (χ0) is 15.4. The fraction of sp³-hybridized carbons (Fsp3) is 0.308. The van der Waals surface area contributed by atoms with Crippen molar-refractivity contribution in [1.82, 2.24) is 10.2 Å². The summed E-state index contributed by atoms with van der Waals surface area (Å²) in [6.07, 6.45) is 1.95. The van der Waals surface area contributed by atoms with E-state index in [2.05, 4.69) is 15.5 Å². The molecule has 1 heterocycles. The number of nitrogens with one attached hydrogen (secondary N) is 1. The van der Waals surface area contributed by atoms with Gasteiger partial charge in [-0.1, -0.05) is 52.5 Å². The minimum absolute atomic E-state index is 0.0775. The molecular formula is C13H14ClN3OS3. The molecule has 4 nitrogen and oxygen atoms in total. The first kappa shape index (κ1) is 16.6. The molecule has 0 fully saturated rings. The van der Waals surface area contributed by atoms with Gasteiger partial charge in [-0.2, -0.15) is 0 Å². The smallest absolute Gasteiger partial charge is 0.237 e. The Morgan fingerprint density at radius 2 is 2.10 bits per heavy atom. The third-order valence-electron chi connectivity index (χ3n) is 2.73. The fourth-order valence-electron chi connectivity index (χ4n) is 1.51. The summed E-state index contributed by atoms with van der Waals surface area (Å²) in [5.41, 5.74) is 1.60. The highest BCUT2D eigenvalue weighted by atomic mass is 35.5. The Kier molecular flexibility index (Phi) is 5.92. The van der Waals surface area contributed by atoms with Crippen LogP contribution in [0.5, 0.6) is 0 Å². The SMILES string of the molecule is CSc1nnc(SC(C)C(=O)Nc2cccc(Cl)c2C)s1. The van der Waals surface area contributed by atoms with Crippen LogP contribution in [0.3, 0.4) is 0 Å². The number of aromatic nitrogens is 2. The Bertz CT molecular complexity index is 647. The molecule has 0 radical (unpaired) electrons. The van der Waals surface area contributed by atoms with Gasteiger partial charge in [-0.15, -0.1) is 10.2 Å². The fourth-order valence-corrected chi connectivity index (χ4v) is 4.27. The van der Waals surface area contributed by atoms with Gasteiger partial charge in [0, 0.05) is 10.7 Å². The summed E-state index contributed by atoms with van der Waals surface area (Å²) < 4.78 is 1.70. The van der Waals surface area contributed by atoms with Crippen LogP contribution in [0.2, 0.25) is 5.02 Å². The summed E-state index contributed by atoms with van der Waals surface area (Å²) in [5, 5.41) is 11.4. The first-order valence-electron chi connectivity index (χ1n) is 6.11. The van der Waals surface area contributed by atoms with E-state index in [4.69, 9.17) is 11.6 Å². The number of anilines is 1. The van der Waals surface area contributed by atoms with Crippen molar-refractivity contribution in [2.45, 2.75) is 27.8 Å². The molecule has 112 valence electrons. The molecule has 8 heteroatoms. The zero-order valence-corrected chi connectivity index (χ0v) is 14.9. The summed E-state index contributed by atoms with van der Waals surface area (Å²) in [5.74, 6) is -0.0775. The molecule has 1 atom stereocenters. The Labute approximate surface area is 141 Å². The highest BCUT2D eigenvalue weighted by Crippen LogP contribution is 2.31. The van der Waals surface area contributed by atoms with Crippen molar-refractivity contribution in [2.75, 3.05) is 11.6 Å². The molecule has 21 heavy (non-hydrogen) atoms. The molecule has 0 saturated carbocycles. The molecule has 0 spiro atoms. The predicted molar refractivity (Wildman–Crippen MR) is 91.8 cm³/mol. The first-order valence-corrected chi connectivity index (χ1v) is 9.41. The van der Waals surface area contributed by atoms with Gasteiger partial charge in [0.2, 0.25) is 5.91 Å². The van der Waals surface area contributed by atoms with Crippen LogP contribution in [0.4, 0.5) is 5.69 Å². The van der Waals surface area contributed by atoms with Crippen molar-refractivity contribution in [3.05, 3.63) is 28.8 Å². The summed E-state index contributed by atoms with van der Waals surface area (Å²) in [6, 6.07) is 5.46. The molecule has 0 aliphatic heterocycles. The second kappa shape index (κ2) is 7.49. The average Bonchev–Trinajstić information content (AvgIpc) is 2.91. The molecule has 2 aromatic rings. The van der Waals surface area contributed by atoms with Crippen LogP contribution in [0.15, 0.2) is 26.9 Å². The number of nitrogens with zero attached hydrogens (tertiary/aromatic N) is 2. The highest BCUT2D eigenvalue weighted by Gasteiger charge is 2.18. The number of carbonyl (C=O) groups excluding carboxylic acids is 1. The Balaban J connectivity index is 2.00. The summed E-state index contributed by atoms with van der Waals surface area (Å²) >= 11 is 10.5. The van der Waals surface area contributed by atoms with E-state index in [1.165, 1.54) is 23.1 Å². The number of rotatable bonds is 5. The monoisotopic (exact) mass is 359 g/mol. The molecule has 0 saturated heterocycles. The van der Waals surface area contributed by atoms with E-state index < -0.39 is 0 Å². The van der Waals surface area contributed by atoms with Gasteiger partial charge in [-0.05, 0) is 37.8 Å². The summed E-state index contributed by atoms with van der Waals surface area (Å²) in [6.45, 7) is 3.73. The average molecular weight is 360 g/mol. The van der Waals surface area contributed by atoms with E-state index in [0.29, 0.717) is 5.02 Å². The molecular weight excluding hydrogens is 346 g/mol. The quantitative estimate of drug-likeness (QED) is 0.804. The number of carbonyl (C=O) groups is 1. The van der Waals surface area contributed by atoms with Crippen molar-refractivity contribution >= 4 is 58.1 Å². The molecule has 2 rings (SSSR count). The van der Waals surface area contributed by atoms with Gasteiger partial charge in [0.05, 0.1) is 5.25 Å². The van der Waals surface area contributed by atoms with Crippen molar-refractivity contribution in [2.24, 2.45) is 0 Å². The second-order valence-corrected chi connectivity index (χ2v) is 8.23. The molecule has 0 aliphatic carbocycles. The van der Waals surface area contributed by atoms with Crippen LogP contribution in [-0.4, -0.2) is 27.6 Å². The Morgan fingerprint density at radius 3 is 2.76 bits per heavy atom.